The molecule has 0 aliphatic carbocycles. The number of rotatable bonds is 3. The van der Waals surface area contributed by atoms with Crippen LogP contribution in [0, 0.1) is 0 Å². The topological polar surface area (TPSA) is 58.9 Å². The van der Waals surface area contributed by atoms with E-state index in [1.54, 1.807) is 0 Å². The number of methoxy groups -OCH3 is 1. The van der Waals surface area contributed by atoms with E-state index in [0.29, 0.717) is 0 Å². The Morgan fingerprint density at radius 1 is 1.29 bits per heavy atom. The first kappa shape index (κ1) is 11.5. The van der Waals surface area contributed by atoms with Gasteiger partial charge in [-0.25, -0.2) is 0 Å². The molecule has 1 aromatic rings. The molecule has 0 saturated carbocycles. The minimum absolute atomic E-state index is 0.00309. The average molecular weight is 237 g/mol. The molecule has 0 aromatic heterocycles. The predicted octanol–water partition coefficient (Wildman–Crippen LogP) is 1.35. The van der Waals surface area contributed by atoms with Crippen molar-refractivity contribution in [3.05, 3.63) is 22.2 Å². The quantitative estimate of drug-likeness (QED) is 0.778. The van der Waals surface area contributed by atoms with Gasteiger partial charge in [-0.05, 0) is 12.1 Å². The van der Waals surface area contributed by atoms with Crippen LogP contribution in [0.4, 0.5) is 0 Å². The summed E-state index contributed by atoms with van der Waals surface area (Å²) in [5, 5.41) is 17.5. The third kappa shape index (κ3) is 2.45. The molecule has 0 bridgehead atoms. The Morgan fingerprint density at radius 2 is 1.93 bits per heavy atom. The first-order valence-corrected chi connectivity index (χ1v) is 4.36. The molecule has 1 aromatic carbocycles. The van der Waals surface area contributed by atoms with E-state index in [0.717, 1.165) is 0 Å². The second-order valence-electron chi connectivity index (χ2n) is 2.34. The highest BCUT2D eigenvalue weighted by atomic mass is 35.5. The van der Waals surface area contributed by atoms with Gasteiger partial charge in [-0.15, -0.1) is 0 Å². The molecule has 0 radical (unpaired) electrons. The van der Waals surface area contributed by atoms with Gasteiger partial charge in [-0.2, -0.15) is 0 Å². The van der Waals surface area contributed by atoms with Crippen molar-refractivity contribution in [2.24, 2.45) is 0 Å². The molecule has 0 saturated heterocycles. The van der Waals surface area contributed by atoms with E-state index in [9.17, 15) is 0 Å². The van der Waals surface area contributed by atoms with Crippen LogP contribution >= 0.6 is 23.2 Å². The molecule has 0 atom stereocenters. The summed E-state index contributed by atoms with van der Waals surface area (Å²) in [4.78, 5) is 0. The second-order valence-corrected chi connectivity index (χ2v) is 3.12. The van der Waals surface area contributed by atoms with Crippen molar-refractivity contribution in [1.82, 2.24) is 0 Å². The Labute approximate surface area is 91.1 Å². The lowest BCUT2D eigenvalue weighted by molar-refractivity contribution is 0.279. The molecular weight excluding hydrogens is 230 g/mol. The van der Waals surface area contributed by atoms with Crippen LogP contribution in [0.1, 0.15) is 0 Å². The van der Waals surface area contributed by atoms with Gasteiger partial charge in [0.1, 0.15) is 5.02 Å². The molecule has 2 N–H and O–H groups in total. The van der Waals surface area contributed by atoms with Gasteiger partial charge in [0.05, 0.1) is 12.1 Å². The third-order valence-electron chi connectivity index (χ3n) is 1.46. The van der Waals surface area contributed by atoms with Crippen LogP contribution in [0.25, 0.3) is 0 Å². The van der Waals surface area contributed by atoms with Crippen molar-refractivity contribution in [3.8, 4) is 11.5 Å². The average Bonchev–Trinajstić information content (AvgIpc) is 2.13. The van der Waals surface area contributed by atoms with Gasteiger partial charge >= 0.3 is 7.32 Å². The van der Waals surface area contributed by atoms with Crippen LogP contribution in [0.15, 0.2) is 12.1 Å². The minimum Gasteiger partial charge on any atom is -0.508 e. The normalized spacial score (nSPS) is 9.79. The molecule has 1 rings (SSSR count). The number of ether oxygens (including phenoxy) is 1. The smallest absolute Gasteiger partial charge is 0.508 e. The zero-order valence-corrected chi connectivity index (χ0v) is 8.71. The first-order valence-electron chi connectivity index (χ1n) is 3.61. The lowest BCUT2D eigenvalue weighted by Crippen LogP contribution is -2.21. The predicted molar refractivity (Wildman–Crippen MR) is 53.8 cm³/mol. The first-order chi connectivity index (χ1) is 6.56. The van der Waals surface area contributed by atoms with E-state index >= 15 is 0 Å². The number of benzene rings is 1. The maximum absolute atomic E-state index is 8.62. The lowest BCUT2D eigenvalue weighted by atomic mass is 10.2. The zero-order chi connectivity index (χ0) is 10.7. The molecule has 0 aliphatic heterocycles. The monoisotopic (exact) mass is 236 g/mol. The third-order valence-corrected chi connectivity index (χ3v) is 2.24. The van der Waals surface area contributed by atoms with Crippen molar-refractivity contribution >= 4 is 30.5 Å². The molecule has 0 aliphatic rings. The molecular formula is C7H7BCl2O4. The summed E-state index contributed by atoms with van der Waals surface area (Å²) < 4.78 is 9.51. The van der Waals surface area contributed by atoms with Crippen LogP contribution in [0.5, 0.6) is 11.5 Å². The maximum atomic E-state index is 8.62. The van der Waals surface area contributed by atoms with Gasteiger partial charge in [-0.1, -0.05) is 23.2 Å². The lowest BCUT2D eigenvalue weighted by Gasteiger charge is -2.12. The summed E-state index contributed by atoms with van der Waals surface area (Å²) in [6.07, 6.45) is 0. The summed E-state index contributed by atoms with van der Waals surface area (Å²) in [7, 11) is -0.573. The van der Waals surface area contributed by atoms with E-state index < -0.39 is 7.32 Å². The highest BCUT2D eigenvalue weighted by Crippen LogP contribution is 2.39. The standard InChI is InChI=1S/C7H7BCl2O4/c1-13-5-3-2-4(9)6(10)7(5)14-8(11)12/h2-3,11-12H,1H3. The fourth-order valence-electron chi connectivity index (χ4n) is 0.890. The van der Waals surface area contributed by atoms with Crippen LogP contribution in [-0.2, 0) is 0 Å². The summed E-state index contributed by atoms with van der Waals surface area (Å²) in [5.74, 6) is 0.268. The van der Waals surface area contributed by atoms with E-state index in [4.69, 9.17) is 38.0 Å². The molecule has 7 heteroatoms. The van der Waals surface area contributed by atoms with E-state index in [-0.39, 0.29) is 21.5 Å². The Morgan fingerprint density at radius 3 is 2.43 bits per heavy atom. The summed E-state index contributed by atoms with van der Waals surface area (Å²) in [5.41, 5.74) is 0. The van der Waals surface area contributed by atoms with Gasteiger partial charge in [-0.3, -0.25) is 0 Å². The molecule has 0 amide bonds. The van der Waals surface area contributed by atoms with Gasteiger partial charge in [0.25, 0.3) is 0 Å². The molecule has 0 heterocycles. The molecule has 0 spiro atoms. The second kappa shape index (κ2) is 4.75. The highest BCUT2D eigenvalue weighted by molar-refractivity contribution is 6.43. The summed E-state index contributed by atoms with van der Waals surface area (Å²) in [6.45, 7) is 0. The molecule has 0 fully saturated rings. The van der Waals surface area contributed by atoms with Crippen LogP contribution in [0.2, 0.25) is 10.0 Å². The highest BCUT2D eigenvalue weighted by Gasteiger charge is 2.19. The Bertz CT molecular complexity index is 332. The van der Waals surface area contributed by atoms with Gasteiger partial charge in [0, 0.05) is 0 Å². The van der Waals surface area contributed by atoms with Crippen molar-refractivity contribution in [1.29, 1.82) is 0 Å². The van der Waals surface area contributed by atoms with Crippen LogP contribution in [0.3, 0.4) is 0 Å². The van der Waals surface area contributed by atoms with Crippen molar-refractivity contribution in [2.45, 2.75) is 0 Å². The SMILES string of the molecule is COc1ccc(Cl)c(Cl)c1OB(O)O. The maximum Gasteiger partial charge on any atom is 0.707 e. The molecule has 4 nitrogen and oxygen atoms in total. The fraction of sp³-hybridized carbons (Fsp3) is 0.143. The van der Waals surface area contributed by atoms with Crippen molar-refractivity contribution in [3.63, 3.8) is 0 Å². The number of hydrogen-bond acceptors (Lipinski definition) is 4. The summed E-state index contributed by atoms with van der Waals surface area (Å²) >= 11 is 11.5. The number of halogens is 2. The van der Waals surface area contributed by atoms with Gasteiger partial charge in [0.15, 0.2) is 11.5 Å². The van der Waals surface area contributed by atoms with Gasteiger partial charge < -0.3 is 19.4 Å². The van der Waals surface area contributed by atoms with Crippen LogP contribution in [-0.4, -0.2) is 24.5 Å². The Hall–Kier alpha value is -0.615. The largest absolute Gasteiger partial charge is 0.707 e. The minimum atomic E-state index is -1.97. The van der Waals surface area contributed by atoms with E-state index in [1.165, 1.54) is 19.2 Å². The Kier molecular flexibility index (Phi) is 3.89. The fourth-order valence-corrected chi connectivity index (χ4v) is 1.24. The van der Waals surface area contributed by atoms with Crippen LogP contribution < -0.4 is 9.39 Å². The molecule has 0 unspecified atom stereocenters. The zero-order valence-electron chi connectivity index (χ0n) is 7.20. The molecule has 14 heavy (non-hydrogen) atoms. The van der Waals surface area contributed by atoms with Gasteiger partial charge in [0.2, 0.25) is 0 Å². The summed E-state index contributed by atoms with van der Waals surface area (Å²) in [6, 6.07) is 3.02. The van der Waals surface area contributed by atoms with Crippen molar-refractivity contribution < 1.29 is 19.4 Å². The molecule has 76 valence electrons. The van der Waals surface area contributed by atoms with E-state index in [1.807, 2.05) is 0 Å². The number of hydrogen-bond donors (Lipinski definition) is 2. The van der Waals surface area contributed by atoms with Crippen molar-refractivity contribution in [2.75, 3.05) is 7.11 Å². The van der Waals surface area contributed by atoms with E-state index in [2.05, 4.69) is 4.65 Å². The Balaban J connectivity index is 3.14.